The van der Waals surface area contributed by atoms with Crippen LogP contribution in [0.2, 0.25) is 0 Å². The maximum Gasteiger partial charge on any atom is 0.173 e. The van der Waals surface area contributed by atoms with Gasteiger partial charge in [0.2, 0.25) is 0 Å². The maximum atomic E-state index is 5.98. The van der Waals surface area contributed by atoms with Gasteiger partial charge in [-0.05, 0) is 0 Å². The molecule has 0 aliphatic carbocycles. The zero-order chi connectivity index (χ0) is 10.7. The molecule has 0 aromatic rings. The lowest BCUT2D eigenvalue weighted by molar-refractivity contribution is -0.210. The van der Waals surface area contributed by atoms with Crippen LogP contribution in [0.1, 0.15) is 26.7 Å². The molecule has 2 heterocycles. The van der Waals surface area contributed by atoms with E-state index >= 15 is 0 Å². The van der Waals surface area contributed by atoms with Crippen LogP contribution in [0.4, 0.5) is 0 Å². The van der Waals surface area contributed by atoms with Gasteiger partial charge in [0.25, 0.3) is 0 Å². The summed E-state index contributed by atoms with van der Waals surface area (Å²) < 4.78 is 17.1. The minimum atomic E-state index is -0.332. The molecule has 4 nitrogen and oxygen atoms in total. The highest BCUT2D eigenvalue weighted by molar-refractivity contribution is 4.82. The number of rotatable bonds is 3. The average molecular weight is 215 g/mol. The van der Waals surface area contributed by atoms with Crippen LogP contribution >= 0.6 is 0 Å². The van der Waals surface area contributed by atoms with Gasteiger partial charge in [-0.2, -0.15) is 0 Å². The molecule has 1 spiro atoms. The molecule has 2 fully saturated rings. The Balaban J connectivity index is 1.78. The first-order valence-electron chi connectivity index (χ1n) is 5.83. The Morgan fingerprint density at radius 3 is 2.73 bits per heavy atom. The van der Waals surface area contributed by atoms with Gasteiger partial charge in [0, 0.05) is 25.4 Å². The van der Waals surface area contributed by atoms with Crippen LogP contribution in [0.15, 0.2) is 0 Å². The highest BCUT2D eigenvalue weighted by atomic mass is 16.7. The van der Waals surface area contributed by atoms with Crippen molar-refractivity contribution in [1.29, 1.82) is 0 Å². The predicted molar refractivity (Wildman–Crippen MR) is 56.7 cm³/mol. The molecule has 2 aliphatic rings. The van der Waals surface area contributed by atoms with Crippen LogP contribution in [-0.4, -0.2) is 44.3 Å². The Morgan fingerprint density at radius 1 is 1.33 bits per heavy atom. The molecule has 2 aliphatic heterocycles. The van der Waals surface area contributed by atoms with E-state index in [1.807, 2.05) is 0 Å². The van der Waals surface area contributed by atoms with Gasteiger partial charge in [0.1, 0.15) is 0 Å². The molecule has 0 saturated carbocycles. The van der Waals surface area contributed by atoms with Gasteiger partial charge in [0.05, 0.1) is 25.9 Å². The molecular formula is C11H21NO3. The summed E-state index contributed by atoms with van der Waals surface area (Å²) in [6.07, 6.45) is 1.93. The van der Waals surface area contributed by atoms with Crippen molar-refractivity contribution in [3.05, 3.63) is 0 Å². The zero-order valence-electron chi connectivity index (χ0n) is 9.62. The molecule has 1 unspecified atom stereocenters. The Morgan fingerprint density at radius 2 is 2.07 bits per heavy atom. The highest BCUT2D eigenvalue weighted by Gasteiger charge is 2.42. The number of hydrogen-bond acceptors (Lipinski definition) is 4. The van der Waals surface area contributed by atoms with E-state index in [4.69, 9.17) is 14.2 Å². The summed E-state index contributed by atoms with van der Waals surface area (Å²) in [4.78, 5) is 0. The topological polar surface area (TPSA) is 39.7 Å². The van der Waals surface area contributed by atoms with Crippen LogP contribution < -0.4 is 5.32 Å². The second-order valence-corrected chi connectivity index (χ2v) is 4.64. The molecule has 0 bridgehead atoms. The van der Waals surface area contributed by atoms with Gasteiger partial charge >= 0.3 is 0 Å². The fourth-order valence-corrected chi connectivity index (χ4v) is 2.03. The van der Waals surface area contributed by atoms with Gasteiger partial charge in [-0.1, -0.05) is 13.8 Å². The van der Waals surface area contributed by atoms with Crippen molar-refractivity contribution in [3.63, 3.8) is 0 Å². The van der Waals surface area contributed by atoms with Crippen molar-refractivity contribution in [1.82, 2.24) is 5.32 Å². The molecule has 1 atom stereocenters. The lowest BCUT2D eigenvalue weighted by Crippen LogP contribution is -2.39. The molecule has 2 saturated heterocycles. The van der Waals surface area contributed by atoms with Gasteiger partial charge in [-0.15, -0.1) is 0 Å². The molecule has 4 heteroatoms. The van der Waals surface area contributed by atoms with E-state index in [0.717, 1.165) is 32.6 Å². The Bertz CT molecular complexity index is 202. The standard InChI is InChI=1S/C11H21NO3/c1-9(2)12-7-10-8-14-11(15-10)3-5-13-6-4-11/h9-10,12H,3-8H2,1-2H3. The predicted octanol–water partition coefficient (Wildman–Crippen LogP) is 0.906. The summed E-state index contributed by atoms with van der Waals surface area (Å²) in [6.45, 7) is 7.37. The number of hydrogen-bond donors (Lipinski definition) is 1. The minimum absolute atomic E-state index is 0.200. The third-order valence-corrected chi connectivity index (χ3v) is 2.92. The van der Waals surface area contributed by atoms with E-state index < -0.39 is 0 Å². The van der Waals surface area contributed by atoms with Crippen molar-refractivity contribution in [2.75, 3.05) is 26.4 Å². The quantitative estimate of drug-likeness (QED) is 0.759. The first-order valence-corrected chi connectivity index (χ1v) is 5.83. The normalized spacial score (nSPS) is 30.2. The molecule has 15 heavy (non-hydrogen) atoms. The van der Waals surface area contributed by atoms with Crippen molar-refractivity contribution < 1.29 is 14.2 Å². The van der Waals surface area contributed by atoms with E-state index in [9.17, 15) is 0 Å². The van der Waals surface area contributed by atoms with Gasteiger partial charge in [-0.3, -0.25) is 0 Å². The third-order valence-electron chi connectivity index (χ3n) is 2.92. The third kappa shape index (κ3) is 2.91. The van der Waals surface area contributed by atoms with Gasteiger partial charge < -0.3 is 19.5 Å². The van der Waals surface area contributed by atoms with E-state index in [1.54, 1.807) is 0 Å². The number of nitrogens with one attached hydrogen (secondary N) is 1. The summed E-state index contributed by atoms with van der Waals surface area (Å²) in [6, 6.07) is 0.500. The minimum Gasteiger partial charge on any atom is -0.381 e. The summed E-state index contributed by atoms with van der Waals surface area (Å²) in [5.74, 6) is -0.332. The highest BCUT2D eigenvalue weighted by Crippen LogP contribution is 2.32. The second-order valence-electron chi connectivity index (χ2n) is 4.64. The lowest BCUT2D eigenvalue weighted by atomic mass is 10.1. The van der Waals surface area contributed by atoms with Crippen molar-refractivity contribution in [2.24, 2.45) is 0 Å². The summed E-state index contributed by atoms with van der Waals surface area (Å²) >= 11 is 0. The summed E-state index contributed by atoms with van der Waals surface area (Å²) in [7, 11) is 0. The van der Waals surface area contributed by atoms with Crippen molar-refractivity contribution >= 4 is 0 Å². The SMILES string of the molecule is CC(C)NCC1COC2(CCOCC2)O1. The monoisotopic (exact) mass is 215 g/mol. The fourth-order valence-electron chi connectivity index (χ4n) is 2.03. The molecule has 0 radical (unpaired) electrons. The van der Waals surface area contributed by atoms with Crippen LogP contribution in [0, 0.1) is 0 Å². The van der Waals surface area contributed by atoms with Crippen molar-refractivity contribution in [2.45, 2.75) is 44.6 Å². The first-order chi connectivity index (χ1) is 7.20. The summed E-state index contributed by atoms with van der Waals surface area (Å²) in [5, 5.41) is 3.37. The van der Waals surface area contributed by atoms with Crippen molar-refractivity contribution in [3.8, 4) is 0 Å². The Kier molecular flexibility index (Phi) is 3.61. The van der Waals surface area contributed by atoms with E-state index in [-0.39, 0.29) is 11.9 Å². The number of ether oxygens (including phenoxy) is 3. The van der Waals surface area contributed by atoms with Crippen LogP contribution in [0.3, 0.4) is 0 Å². The van der Waals surface area contributed by atoms with Crippen LogP contribution in [0.25, 0.3) is 0 Å². The molecule has 1 N–H and O–H groups in total. The fraction of sp³-hybridized carbons (Fsp3) is 1.00. The molecule has 0 amide bonds. The van der Waals surface area contributed by atoms with E-state index in [2.05, 4.69) is 19.2 Å². The second kappa shape index (κ2) is 4.78. The summed E-state index contributed by atoms with van der Waals surface area (Å²) in [5.41, 5.74) is 0. The van der Waals surface area contributed by atoms with E-state index in [0.29, 0.717) is 12.6 Å². The average Bonchev–Trinajstić information content (AvgIpc) is 2.60. The first kappa shape index (κ1) is 11.3. The largest absolute Gasteiger partial charge is 0.381 e. The molecule has 2 rings (SSSR count). The molecular weight excluding hydrogens is 194 g/mol. The van der Waals surface area contributed by atoms with Crippen LogP contribution in [0.5, 0.6) is 0 Å². The Hall–Kier alpha value is -0.160. The molecule has 0 aromatic heterocycles. The Labute approximate surface area is 91.3 Å². The maximum absolute atomic E-state index is 5.98. The lowest BCUT2D eigenvalue weighted by Gasteiger charge is -2.31. The van der Waals surface area contributed by atoms with Gasteiger partial charge in [0.15, 0.2) is 5.79 Å². The smallest absolute Gasteiger partial charge is 0.173 e. The van der Waals surface area contributed by atoms with Gasteiger partial charge in [-0.25, -0.2) is 0 Å². The molecule has 0 aromatic carbocycles. The van der Waals surface area contributed by atoms with E-state index in [1.165, 1.54) is 0 Å². The zero-order valence-corrected chi connectivity index (χ0v) is 9.62. The molecule has 88 valence electrons. The van der Waals surface area contributed by atoms with Crippen LogP contribution in [-0.2, 0) is 14.2 Å².